The van der Waals surface area contributed by atoms with Gasteiger partial charge < -0.3 is 0 Å². The Kier molecular flexibility index (Phi) is 5.85. The predicted molar refractivity (Wildman–Crippen MR) is 91.6 cm³/mol. The summed E-state index contributed by atoms with van der Waals surface area (Å²) in [6.07, 6.45) is 0. The summed E-state index contributed by atoms with van der Waals surface area (Å²) in [6.45, 7) is 4.47. The average molecular weight is 372 g/mol. The fourth-order valence-corrected chi connectivity index (χ4v) is 2.76. The lowest BCUT2D eigenvalue weighted by atomic mass is 10.2. The SMILES string of the molecule is CC(C)CN1C(=O)C(=O)N(CN(C)Cc2ccc(Cl)c(Cl)c2)C1=O. The molecule has 1 aliphatic rings. The number of hydrogen-bond acceptors (Lipinski definition) is 4. The number of hydrogen-bond donors (Lipinski definition) is 0. The highest BCUT2D eigenvalue weighted by Gasteiger charge is 2.44. The largest absolute Gasteiger partial charge is 0.335 e. The zero-order valence-corrected chi connectivity index (χ0v) is 15.3. The van der Waals surface area contributed by atoms with E-state index in [1.807, 2.05) is 19.9 Å². The summed E-state index contributed by atoms with van der Waals surface area (Å²) in [4.78, 5) is 40.0. The zero-order valence-electron chi connectivity index (χ0n) is 13.8. The van der Waals surface area contributed by atoms with Crippen molar-refractivity contribution in [1.82, 2.24) is 14.7 Å². The number of urea groups is 1. The van der Waals surface area contributed by atoms with Gasteiger partial charge in [0.1, 0.15) is 0 Å². The van der Waals surface area contributed by atoms with Crippen LogP contribution in [0.4, 0.5) is 4.79 Å². The molecule has 6 nitrogen and oxygen atoms in total. The van der Waals surface area contributed by atoms with E-state index in [0.29, 0.717) is 16.6 Å². The van der Waals surface area contributed by atoms with Gasteiger partial charge in [0, 0.05) is 13.1 Å². The second kappa shape index (κ2) is 7.51. The minimum Gasteiger partial charge on any atom is -0.284 e. The Balaban J connectivity index is 2.04. The van der Waals surface area contributed by atoms with E-state index in [1.165, 1.54) is 0 Å². The molecule has 0 aromatic heterocycles. The Labute approximate surface area is 150 Å². The Morgan fingerprint density at radius 1 is 1.04 bits per heavy atom. The second-order valence-electron chi connectivity index (χ2n) is 6.23. The normalized spacial score (nSPS) is 15.4. The van der Waals surface area contributed by atoms with Crippen LogP contribution in [0.3, 0.4) is 0 Å². The van der Waals surface area contributed by atoms with Crippen LogP contribution in [0.1, 0.15) is 19.4 Å². The Morgan fingerprint density at radius 2 is 1.67 bits per heavy atom. The van der Waals surface area contributed by atoms with Crippen molar-refractivity contribution in [1.29, 1.82) is 0 Å². The maximum absolute atomic E-state index is 12.3. The molecule has 1 fully saturated rings. The van der Waals surface area contributed by atoms with Gasteiger partial charge in [-0.05, 0) is 30.7 Å². The summed E-state index contributed by atoms with van der Waals surface area (Å²) in [5.41, 5.74) is 0.886. The van der Waals surface area contributed by atoms with E-state index in [0.717, 1.165) is 15.4 Å². The van der Waals surface area contributed by atoms with Crippen molar-refractivity contribution in [2.45, 2.75) is 20.4 Å². The topological polar surface area (TPSA) is 60.9 Å². The van der Waals surface area contributed by atoms with Crippen LogP contribution >= 0.6 is 23.2 Å². The monoisotopic (exact) mass is 371 g/mol. The number of imide groups is 2. The van der Waals surface area contributed by atoms with E-state index in [2.05, 4.69) is 0 Å². The number of nitrogens with zero attached hydrogens (tertiary/aromatic N) is 3. The number of rotatable bonds is 6. The maximum atomic E-state index is 12.3. The molecular weight excluding hydrogens is 353 g/mol. The molecule has 1 saturated heterocycles. The van der Waals surface area contributed by atoms with Gasteiger partial charge in [-0.25, -0.2) is 9.69 Å². The fraction of sp³-hybridized carbons (Fsp3) is 0.438. The van der Waals surface area contributed by atoms with Crippen LogP contribution in [0, 0.1) is 5.92 Å². The molecular formula is C16H19Cl2N3O3. The van der Waals surface area contributed by atoms with E-state index < -0.39 is 17.8 Å². The molecule has 1 aromatic rings. The molecule has 0 atom stereocenters. The maximum Gasteiger partial charge on any atom is 0.335 e. The first kappa shape index (κ1) is 18.7. The second-order valence-corrected chi connectivity index (χ2v) is 7.04. The molecule has 0 bridgehead atoms. The van der Waals surface area contributed by atoms with Gasteiger partial charge in [0.05, 0.1) is 16.7 Å². The van der Waals surface area contributed by atoms with Crippen molar-refractivity contribution in [3.05, 3.63) is 33.8 Å². The minimum absolute atomic E-state index is 0.0260. The van der Waals surface area contributed by atoms with Crippen molar-refractivity contribution in [3.8, 4) is 0 Å². The van der Waals surface area contributed by atoms with Crippen molar-refractivity contribution in [2.24, 2.45) is 5.92 Å². The smallest absolute Gasteiger partial charge is 0.284 e. The van der Waals surface area contributed by atoms with Crippen molar-refractivity contribution >= 4 is 41.0 Å². The lowest BCUT2D eigenvalue weighted by molar-refractivity contribution is -0.144. The summed E-state index contributed by atoms with van der Waals surface area (Å²) >= 11 is 11.9. The summed E-state index contributed by atoms with van der Waals surface area (Å²) < 4.78 is 0. The van der Waals surface area contributed by atoms with Gasteiger partial charge in [-0.2, -0.15) is 0 Å². The number of benzene rings is 1. The van der Waals surface area contributed by atoms with Gasteiger partial charge >= 0.3 is 17.8 Å². The first-order valence-electron chi connectivity index (χ1n) is 7.50. The Morgan fingerprint density at radius 3 is 2.25 bits per heavy atom. The molecule has 1 aromatic carbocycles. The molecule has 1 heterocycles. The van der Waals surface area contributed by atoms with Crippen LogP contribution in [0.15, 0.2) is 18.2 Å². The standard InChI is InChI=1S/C16H19Cl2N3O3/c1-10(2)7-20-14(22)15(23)21(16(20)24)9-19(3)8-11-4-5-12(17)13(18)6-11/h4-6,10H,7-9H2,1-3H3. The summed E-state index contributed by atoms with van der Waals surface area (Å²) in [5, 5.41) is 0.900. The minimum atomic E-state index is -0.790. The molecule has 0 spiro atoms. The quantitative estimate of drug-likeness (QED) is 0.569. The van der Waals surface area contributed by atoms with E-state index in [9.17, 15) is 14.4 Å². The van der Waals surface area contributed by atoms with E-state index in [1.54, 1.807) is 24.1 Å². The zero-order chi connectivity index (χ0) is 18.0. The molecule has 24 heavy (non-hydrogen) atoms. The number of amides is 4. The van der Waals surface area contributed by atoms with E-state index in [4.69, 9.17) is 23.2 Å². The van der Waals surface area contributed by atoms with Crippen molar-refractivity contribution in [3.63, 3.8) is 0 Å². The third-order valence-corrected chi connectivity index (χ3v) is 4.24. The van der Waals surface area contributed by atoms with Crippen molar-refractivity contribution in [2.75, 3.05) is 20.3 Å². The van der Waals surface area contributed by atoms with Gasteiger partial charge in [0.15, 0.2) is 0 Å². The van der Waals surface area contributed by atoms with Crippen LogP contribution in [0.2, 0.25) is 10.0 Å². The molecule has 0 saturated carbocycles. The summed E-state index contributed by atoms with van der Waals surface area (Å²) in [7, 11) is 1.75. The molecule has 0 N–H and O–H groups in total. The van der Waals surface area contributed by atoms with Crippen molar-refractivity contribution < 1.29 is 14.4 Å². The van der Waals surface area contributed by atoms with Crippen LogP contribution in [-0.4, -0.2) is 52.8 Å². The molecule has 130 valence electrons. The van der Waals surface area contributed by atoms with Gasteiger partial charge in [0.2, 0.25) is 0 Å². The highest BCUT2D eigenvalue weighted by atomic mass is 35.5. The first-order valence-corrected chi connectivity index (χ1v) is 8.26. The third kappa shape index (κ3) is 4.06. The molecule has 4 amide bonds. The molecule has 2 rings (SSSR count). The lowest BCUT2D eigenvalue weighted by Gasteiger charge is -2.23. The average Bonchev–Trinajstić information content (AvgIpc) is 2.68. The molecule has 0 radical (unpaired) electrons. The number of carbonyl (C=O) groups is 3. The van der Waals surface area contributed by atoms with Crippen LogP contribution < -0.4 is 0 Å². The molecule has 0 aliphatic carbocycles. The third-order valence-electron chi connectivity index (χ3n) is 3.50. The Hall–Kier alpha value is -1.63. The highest BCUT2D eigenvalue weighted by Crippen LogP contribution is 2.23. The number of halogens is 2. The fourth-order valence-electron chi connectivity index (χ4n) is 2.44. The highest BCUT2D eigenvalue weighted by molar-refractivity contribution is 6.44. The van der Waals surface area contributed by atoms with Gasteiger partial charge in [0.25, 0.3) is 0 Å². The number of carbonyl (C=O) groups excluding carboxylic acids is 3. The van der Waals surface area contributed by atoms with Gasteiger partial charge in [-0.15, -0.1) is 0 Å². The van der Waals surface area contributed by atoms with Crippen LogP contribution in [0.25, 0.3) is 0 Å². The lowest BCUT2D eigenvalue weighted by Crippen LogP contribution is -2.41. The van der Waals surface area contributed by atoms with Crippen LogP contribution in [-0.2, 0) is 16.1 Å². The van der Waals surface area contributed by atoms with Gasteiger partial charge in [-0.3, -0.25) is 19.4 Å². The molecule has 1 aliphatic heterocycles. The van der Waals surface area contributed by atoms with Crippen LogP contribution in [0.5, 0.6) is 0 Å². The molecule has 8 heteroatoms. The first-order chi connectivity index (χ1) is 11.2. The Bertz CT molecular complexity index is 679. The summed E-state index contributed by atoms with van der Waals surface area (Å²) in [5.74, 6) is -1.46. The predicted octanol–water partition coefficient (Wildman–Crippen LogP) is 2.83. The molecule has 0 unspecified atom stereocenters. The van der Waals surface area contributed by atoms with Gasteiger partial charge in [-0.1, -0.05) is 43.1 Å². The summed E-state index contributed by atoms with van der Waals surface area (Å²) in [6, 6.07) is 4.66. The van der Waals surface area contributed by atoms with E-state index in [-0.39, 0.29) is 19.1 Å². The van der Waals surface area contributed by atoms with E-state index >= 15 is 0 Å².